The van der Waals surface area contributed by atoms with Crippen LogP contribution in [0.25, 0.3) is 22.0 Å². The first-order valence-electron chi connectivity index (χ1n) is 11.7. The number of aryl methyl sites for hydroxylation is 3. The first kappa shape index (κ1) is 23.7. The second-order valence-electron chi connectivity index (χ2n) is 8.87. The van der Waals surface area contributed by atoms with E-state index in [0.717, 1.165) is 43.7 Å². The number of fused-ring (bicyclic) bond motifs is 1. The quantitative estimate of drug-likeness (QED) is 0.390. The van der Waals surface area contributed by atoms with Crippen molar-refractivity contribution in [1.82, 2.24) is 9.97 Å². The number of carbonyl (C=O) groups is 2. The van der Waals surface area contributed by atoms with Gasteiger partial charge in [-0.2, -0.15) is 0 Å². The topological polar surface area (TPSA) is 84.4 Å². The lowest BCUT2D eigenvalue weighted by Gasteiger charge is -2.33. The van der Waals surface area contributed by atoms with Gasteiger partial charge in [0.15, 0.2) is 6.10 Å². The molecule has 2 aromatic carbocycles. The largest absolute Gasteiger partial charge is 0.479 e. The highest BCUT2D eigenvalue weighted by atomic mass is 32.1. The van der Waals surface area contributed by atoms with Crippen LogP contribution in [0.4, 0.5) is 11.4 Å². The number of amides is 2. The van der Waals surface area contributed by atoms with Gasteiger partial charge in [-0.1, -0.05) is 18.2 Å². The normalized spacial score (nSPS) is 14.8. The Labute approximate surface area is 213 Å². The summed E-state index contributed by atoms with van der Waals surface area (Å²) in [6.07, 6.45) is 1.06. The standard InChI is InChI=1S/C28H26N4O3S/c1-16-8-9-17(2)22(13-16)30-25(33)15-32-23-14-20(10-11-24(23)35-18(3)28(32)34)26-19(4)36-27(31-26)21-7-5-6-12-29-21/h5-14,18H,15H2,1-4H3,(H,30,33). The number of pyridine rings is 1. The molecule has 2 amide bonds. The molecule has 0 saturated heterocycles. The van der Waals surface area contributed by atoms with Gasteiger partial charge in [0, 0.05) is 22.3 Å². The molecule has 182 valence electrons. The second kappa shape index (κ2) is 9.54. The van der Waals surface area contributed by atoms with Crippen LogP contribution in [0.1, 0.15) is 22.9 Å². The van der Waals surface area contributed by atoms with Gasteiger partial charge in [0.25, 0.3) is 5.91 Å². The van der Waals surface area contributed by atoms with Crippen LogP contribution >= 0.6 is 11.3 Å². The fourth-order valence-corrected chi connectivity index (χ4v) is 5.10. The lowest BCUT2D eigenvalue weighted by molar-refractivity contribution is -0.127. The number of thiazole rings is 1. The van der Waals surface area contributed by atoms with E-state index in [0.29, 0.717) is 11.4 Å². The van der Waals surface area contributed by atoms with Crippen LogP contribution in [-0.2, 0) is 9.59 Å². The molecule has 0 spiro atoms. The molecule has 8 heteroatoms. The molecule has 1 unspecified atom stereocenters. The van der Waals surface area contributed by atoms with Gasteiger partial charge in [0.05, 0.1) is 17.1 Å². The predicted molar refractivity (Wildman–Crippen MR) is 143 cm³/mol. The molecule has 1 aliphatic rings. The highest BCUT2D eigenvalue weighted by molar-refractivity contribution is 7.15. The number of nitrogens with zero attached hydrogens (tertiary/aromatic N) is 3. The van der Waals surface area contributed by atoms with Gasteiger partial charge in [0.1, 0.15) is 17.3 Å². The van der Waals surface area contributed by atoms with Crippen LogP contribution in [0.5, 0.6) is 5.75 Å². The Morgan fingerprint density at radius 3 is 2.72 bits per heavy atom. The molecule has 0 bridgehead atoms. The van der Waals surface area contributed by atoms with Crippen molar-refractivity contribution in [3.63, 3.8) is 0 Å². The van der Waals surface area contributed by atoms with Crippen LogP contribution in [0.3, 0.4) is 0 Å². The van der Waals surface area contributed by atoms with Crippen molar-refractivity contribution >= 4 is 34.5 Å². The lowest BCUT2D eigenvalue weighted by atomic mass is 10.1. The number of nitrogens with one attached hydrogen (secondary N) is 1. The molecule has 1 N–H and O–H groups in total. The number of benzene rings is 2. The summed E-state index contributed by atoms with van der Waals surface area (Å²) in [6.45, 7) is 7.50. The Bertz CT molecular complexity index is 1470. The van der Waals surface area contributed by atoms with Gasteiger partial charge in [-0.25, -0.2) is 4.98 Å². The average Bonchev–Trinajstić information content (AvgIpc) is 3.26. The third-order valence-corrected chi connectivity index (χ3v) is 7.08. The monoisotopic (exact) mass is 498 g/mol. The molecule has 4 aromatic rings. The lowest BCUT2D eigenvalue weighted by Crippen LogP contribution is -2.47. The Hall–Kier alpha value is -4.04. The number of hydrogen-bond donors (Lipinski definition) is 1. The van der Waals surface area contributed by atoms with Crippen LogP contribution < -0.4 is 15.0 Å². The third kappa shape index (κ3) is 4.59. The van der Waals surface area contributed by atoms with E-state index in [9.17, 15) is 9.59 Å². The van der Waals surface area contributed by atoms with E-state index in [2.05, 4.69) is 10.3 Å². The van der Waals surface area contributed by atoms with Crippen LogP contribution in [0.2, 0.25) is 0 Å². The van der Waals surface area contributed by atoms with Crippen molar-refractivity contribution in [2.24, 2.45) is 0 Å². The van der Waals surface area contributed by atoms with Crippen molar-refractivity contribution in [3.05, 3.63) is 76.8 Å². The van der Waals surface area contributed by atoms with Gasteiger partial charge < -0.3 is 10.1 Å². The van der Waals surface area contributed by atoms with E-state index < -0.39 is 6.10 Å². The zero-order valence-corrected chi connectivity index (χ0v) is 21.3. The molecule has 1 aliphatic heterocycles. The maximum absolute atomic E-state index is 13.1. The third-order valence-electron chi connectivity index (χ3n) is 6.09. The first-order chi connectivity index (χ1) is 17.3. The number of rotatable bonds is 5. The smallest absolute Gasteiger partial charge is 0.268 e. The summed E-state index contributed by atoms with van der Waals surface area (Å²) in [4.78, 5) is 37.9. The predicted octanol–water partition coefficient (Wildman–Crippen LogP) is 5.55. The molecule has 1 atom stereocenters. The fraction of sp³-hybridized carbons (Fsp3) is 0.214. The van der Waals surface area contributed by atoms with Crippen LogP contribution in [-0.4, -0.2) is 34.4 Å². The molecular weight excluding hydrogens is 472 g/mol. The Morgan fingerprint density at radius 2 is 1.94 bits per heavy atom. The molecule has 0 fully saturated rings. The van der Waals surface area contributed by atoms with Crippen LogP contribution in [0, 0.1) is 20.8 Å². The van der Waals surface area contributed by atoms with E-state index in [1.165, 1.54) is 4.90 Å². The summed E-state index contributed by atoms with van der Waals surface area (Å²) in [6, 6.07) is 17.3. The number of aromatic nitrogens is 2. The van der Waals surface area contributed by atoms with Crippen molar-refractivity contribution in [3.8, 4) is 27.7 Å². The highest BCUT2D eigenvalue weighted by Gasteiger charge is 2.33. The second-order valence-corrected chi connectivity index (χ2v) is 10.1. The Balaban J connectivity index is 1.46. The molecule has 7 nitrogen and oxygen atoms in total. The first-order valence-corrected chi connectivity index (χ1v) is 12.5. The average molecular weight is 499 g/mol. The van der Waals surface area contributed by atoms with Gasteiger partial charge in [-0.15, -0.1) is 11.3 Å². The van der Waals surface area contributed by atoms with Crippen LogP contribution in [0.15, 0.2) is 60.8 Å². The Morgan fingerprint density at radius 1 is 1.11 bits per heavy atom. The Kier molecular flexibility index (Phi) is 6.28. The van der Waals surface area contributed by atoms with Gasteiger partial charge >= 0.3 is 0 Å². The van der Waals surface area contributed by atoms with E-state index in [-0.39, 0.29) is 18.4 Å². The maximum atomic E-state index is 13.1. The number of ether oxygens (including phenoxy) is 1. The minimum Gasteiger partial charge on any atom is -0.479 e. The molecular formula is C28H26N4O3S. The number of carbonyl (C=O) groups excluding carboxylic acids is 2. The summed E-state index contributed by atoms with van der Waals surface area (Å²) in [5.74, 6) is 0.0212. The van der Waals surface area contributed by atoms with Crippen molar-refractivity contribution < 1.29 is 14.3 Å². The van der Waals surface area contributed by atoms with Crippen molar-refractivity contribution in [1.29, 1.82) is 0 Å². The number of hydrogen-bond acceptors (Lipinski definition) is 6. The summed E-state index contributed by atoms with van der Waals surface area (Å²) >= 11 is 1.57. The summed E-state index contributed by atoms with van der Waals surface area (Å²) < 4.78 is 5.85. The zero-order valence-electron chi connectivity index (χ0n) is 20.5. The SMILES string of the molecule is Cc1ccc(C)c(NC(=O)CN2C(=O)C(C)Oc3ccc(-c4nc(-c5ccccn5)sc4C)cc32)c1. The molecule has 2 aromatic heterocycles. The van der Waals surface area contributed by atoms with Crippen molar-refractivity contribution in [2.45, 2.75) is 33.8 Å². The zero-order chi connectivity index (χ0) is 25.4. The summed E-state index contributed by atoms with van der Waals surface area (Å²) in [7, 11) is 0. The van der Waals surface area contributed by atoms with E-state index in [4.69, 9.17) is 9.72 Å². The molecule has 5 rings (SSSR count). The molecule has 3 heterocycles. The van der Waals surface area contributed by atoms with E-state index >= 15 is 0 Å². The highest BCUT2D eigenvalue weighted by Crippen LogP contribution is 2.40. The molecule has 0 saturated carbocycles. The fourth-order valence-electron chi connectivity index (χ4n) is 4.18. The molecule has 0 radical (unpaired) electrons. The van der Waals surface area contributed by atoms with Crippen molar-refractivity contribution in [2.75, 3.05) is 16.8 Å². The molecule has 36 heavy (non-hydrogen) atoms. The van der Waals surface area contributed by atoms with E-state index in [1.807, 2.05) is 75.4 Å². The minimum absolute atomic E-state index is 0.119. The number of anilines is 2. The van der Waals surface area contributed by atoms with Gasteiger partial charge in [-0.05, 0) is 75.2 Å². The van der Waals surface area contributed by atoms with E-state index in [1.54, 1.807) is 24.5 Å². The molecule has 0 aliphatic carbocycles. The minimum atomic E-state index is -0.686. The van der Waals surface area contributed by atoms with Gasteiger partial charge in [-0.3, -0.25) is 19.5 Å². The summed E-state index contributed by atoms with van der Waals surface area (Å²) in [5.41, 5.74) is 5.77. The maximum Gasteiger partial charge on any atom is 0.268 e. The van der Waals surface area contributed by atoms with Gasteiger partial charge in [0.2, 0.25) is 5.91 Å². The summed E-state index contributed by atoms with van der Waals surface area (Å²) in [5, 5.41) is 3.78.